The van der Waals surface area contributed by atoms with Crippen molar-refractivity contribution in [2.24, 2.45) is 0 Å². The van der Waals surface area contributed by atoms with Gasteiger partial charge in [-0.2, -0.15) is 0 Å². The average Bonchev–Trinajstić information content (AvgIpc) is 3.21. The van der Waals surface area contributed by atoms with Crippen molar-refractivity contribution in [1.29, 1.82) is 0 Å². The van der Waals surface area contributed by atoms with Gasteiger partial charge in [0, 0.05) is 24.7 Å². The predicted molar refractivity (Wildman–Crippen MR) is 110 cm³/mol. The summed E-state index contributed by atoms with van der Waals surface area (Å²) in [5.74, 6) is 1.22. The summed E-state index contributed by atoms with van der Waals surface area (Å²) < 4.78 is 12.6. The van der Waals surface area contributed by atoms with E-state index in [9.17, 15) is 4.79 Å². The molecule has 7 nitrogen and oxygen atoms in total. The van der Waals surface area contributed by atoms with E-state index < -0.39 is 0 Å². The van der Waals surface area contributed by atoms with Gasteiger partial charge in [-0.25, -0.2) is 9.97 Å². The molecule has 0 saturated heterocycles. The van der Waals surface area contributed by atoms with E-state index in [2.05, 4.69) is 20.6 Å². The first-order chi connectivity index (χ1) is 13.1. The van der Waals surface area contributed by atoms with Crippen LogP contribution in [-0.4, -0.2) is 30.1 Å². The summed E-state index contributed by atoms with van der Waals surface area (Å²) >= 11 is 3.02. The van der Waals surface area contributed by atoms with Crippen LogP contribution in [0.15, 0.2) is 30.3 Å². The van der Waals surface area contributed by atoms with Crippen LogP contribution in [0, 0.1) is 0 Å². The Morgan fingerprint density at radius 3 is 2.22 bits per heavy atom. The Labute approximate surface area is 163 Å². The van der Waals surface area contributed by atoms with Gasteiger partial charge in [0.05, 0.1) is 34.7 Å². The van der Waals surface area contributed by atoms with Gasteiger partial charge in [-0.1, -0.05) is 22.7 Å². The zero-order valence-corrected chi connectivity index (χ0v) is 16.5. The molecule has 0 radical (unpaired) electrons. The molecule has 0 aliphatic heterocycles. The number of hydrogen-bond donors (Lipinski definition) is 2. The van der Waals surface area contributed by atoms with Gasteiger partial charge in [-0.05, 0) is 18.2 Å². The second-order valence-corrected chi connectivity index (χ2v) is 7.76. The number of anilines is 3. The summed E-state index contributed by atoms with van der Waals surface area (Å²) in [6, 6.07) is 9.40. The van der Waals surface area contributed by atoms with Gasteiger partial charge in [-0.3, -0.25) is 4.79 Å². The van der Waals surface area contributed by atoms with E-state index in [1.54, 1.807) is 14.2 Å². The molecule has 2 N–H and O–H groups in total. The first kappa shape index (κ1) is 17.5. The average molecular weight is 400 g/mol. The second kappa shape index (κ2) is 7.01. The van der Waals surface area contributed by atoms with E-state index in [-0.39, 0.29) is 5.91 Å². The summed E-state index contributed by atoms with van der Waals surface area (Å²) in [6.45, 7) is 1.49. The lowest BCUT2D eigenvalue weighted by atomic mass is 10.3. The highest BCUT2D eigenvalue weighted by atomic mass is 32.1. The van der Waals surface area contributed by atoms with Crippen molar-refractivity contribution in [2.45, 2.75) is 6.92 Å². The fraction of sp³-hybridized carbons (Fsp3) is 0.167. The number of nitrogens with zero attached hydrogens (tertiary/aromatic N) is 2. The van der Waals surface area contributed by atoms with Crippen LogP contribution in [0.1, 0.15) is 6.92 Å². The number of methoxy groups -OCH3 is 2. The Bertz CT molecular complexity index is 1110. The number of carbonyl (C=O) groups is 1. The minimum absolute atomic E-state index is 0.0995. The lowest BCUT2D eigenvalue weighted by molar-refractivity contribution is -0.114. The zero-order valence-electron chi connectivity index (χ0n) is 14.8. The predicted octanol–water partition coefficient (Wildman–Crippen LogP) is 4.63. The van der Waals surface area contributed by atoms with E-state index in [1.807, 2.05) is 30.3 Å². The van der Waals surface area contributed by atoms with Crippen LogP contribution in [0.4, 0.5) is 16.0 Å². The molecular weight excluding hydrogens is 384 g/mol. The minimum Gasteiger partial charge on any atom is -0.493 e. The number of ether oxygens (including phenoxy) is 2. The van der Waals surface area contributed by atoms with E-state index in [0.717, 1.165) is 36.4 Å². The third kappa shape index (κ3) is 3.51. The zero-order chi connectivity index (χ0) is 19.0. The van der Waals surface area contributed by atoms with Crippen molar-refractivity contribution in [3.63, 3.8) is 0 Å². The van der Waals surface area contributed by atoms with Gasteiger partial charge in [-0.15, -0.1) is 0 Å². The number of aromatic nitrogens is 2. The standard InChI is InChI=1S/C18H16N4O3S2/c1-9(23)19-10-4-5-11-15(6-10)26-17(20-11)22-18-21-12-7-13(24-2)14(25-3)8-16(12)27-18/h4-8H,1-3H3,(H,19,23)(H,20,21,22). The first-order valence-electron chi connectivity index (χ1n) is 8.03. The van der Waals surface area contributed by atoms with Crippen LogP contribution < -0.4 is 20.1 Å². The van der Waals surface area contributed by atoms with Crippen LogP contribution >= 0.6 is 22.7 Å². The maximum Gasteiger partial charge on any atom is 0.221 e. The molecule has 2 aromatic heterocycles. The number of amides is 1. The van der Waals surface area contributed by atoms with Crippen LogP contribution in [0.5, 0.6) is 11.5 Å². The van der Waals surface area contributed by atoms with Crippen LogP contribution in [0.3, 0.4) is 0 Å². The largest absolute Gasteiger partial charge is 0.493 e. The molecule has 9 heteroatoms. The summed E-state index contributed by atoms with van der Waals surface area (Å²) in [7, 11) is 3.21. The van der Waals surface area contributed by atoms with Crippen molar-refractivity contribution in [2.75, 3.05) is 24.9 Å². The van der Waals surface area contributed by atoms with Crippen LogP contribution in [0.25, 0.3) is 20.4 Å². The Hall–Kier alpha value is -2.91. The van der Waals surface area contributed by atoms with Gasteiger partial charge >= 0.3 is 0 Å². The molecular formula is C18H16N4O3S2. The van der Waals surface area contributed by atoms with Crippen molar-refractivity contribution in [3.8, 4) is 11.5 Å². The SMILES string of the molecule is COc1cc2nc(Nc3nc4ccc(NC(C)=O)cc4s3)sc2cc1OC. The van der Waals surface area contributed by atoms with E-state index in [0.29, 0.717) is 11.5 Å². The Kier molecular flexibility index (Phi) is 4.54. The molecule has 0 fully saturated rings. The number of fused-ring (bicyclic) bond motifs is 2. The molecule has 4 aromatic rings. The molecule has 0 spiro atoms. The molecule has 0 saturated carbocycles. The minimum atomic E-state index is -0.0995. The van der Waals surface area contributed by atoms with Gasteiger partial charge in [0.15, 0.2) is 21.8 Å². The summed E-state index contributed by atoms with van der Waals surface area (Å²) in [5, 5.41) is 7.52. The van der Waals surface area contributed by atoms with Gasteiger partial charge in [0.2, 0.25) is 5.91 Å². The number of thiazole rings is 2. The maximum absolute atomic E-state index is 11.2. The van der Waals surface area contributed by atoms with Crippen LogP contribution in [-0.2, 0) is 4.79 Å². The van der Waals surface area contributed by atoms with Crippen molar-refractivity contribution in [3.05, 3.63) is 30.3 Å². The fourth-order valence-corrected chi connectivity index (χ4v) is 4.50. The smallest absolute Gasteiger partial charge is 0.221 e. The topological polar surface area (TPSA) is 85.4 Å². The lowest BCUT2D eigenvalue weighted by Gasteiger charge is -2.05. The lowest BCUT2D eigenvalue weighted by Crippen LogP contribution is -2.05. The maximum atomic E-state index is 11.2. The summed E-state index contributed by atoms with van der Waals surface area (Å²) in [4.78, 5) is 20.4. The Morgan fingerprint density at radius 1 is 0.926 bits per heavy atom. The van der Waals surface area contributed by atoms with Crippen molar-refractivity contribution < 1.29 is 14.3 Å². The molecule has 2 aromatic carbocycles. The normalized spacial score (nSPS) is 10.9. The second-order valence-electron chi connectivity index (χ2n) is 5.70. The number of benzene rings is 2. The highest BCUT2D eigenvalue weighted by Crippen LogP contribution is 2.38. The monoisotopic (exact) mass is 400 g/mol. The Balaban J connectivity index is 1.64. The quantitative estimate of drug-likeness (QED) is 0.508. The molecule has 0 bridgehead atoms. The van der Waals surface area contributed by atoms with Gasteiger partial charge in [0.25, 0.3) is 0 Å². The molecule has 0 unspecified atom stereocenters. The van der Waals surface area contributed by atoms with E-state index >= 15 is 0 Å². The van der Waals surface area contributed by atoms with Crippen LogP contribution in [0.2, 0.25) is 0 Å². The van der Waals surface area contributed by atoms with E-state index in [1.165, 1.54) is 29.6 Å². The molecule has 0 aliphatic rings. The third-order valence-corrected chi connectivity index (χ3v) is 5.68. The summed E-state index contributed by atoms with van der Waals surface area (Å²) in [5.41, 5.74) is 2.44. The molecule has 27 heavy (non-hydrogen) atoms. The molecule has 0 aliphatic carbocycles. The fourth-order valence-electron chi connectivity index (χ4n) is 2.66. The van der Waals surface area contributed by atoms with Gasteiger partial charge < -0.3 is 20.1 Å². The van der Waals surface area contributed by atoms with E-state index in [4.69, 9.17) is 9.47 Å². The molecule has 138 valence electrons. The number of hydrogen-bond acceptors (Lipinski definition) is 8. The third-order valence-electron chi connectivity index (χ3n) is 3.82. The highest BCUT2D eigenvalue weighted by Gasteiger charge is 2.12. The molecule has 1 amide bonds. The number of nitrogens with one attached hydrogen (secondary N) is 2. The Morgan fingerprint density at radius 2 is 1.56 bits per heavy atom. The molecule has 0 atom stereocenters. The van der Waals surface area contributed by atoms with Crippen molar-refractivity contribution in [1.82, 2.24) is 9.97 Å². The first-order valence-corrected chi connectivity index (χ1v) is 9.67. The molecule has 2 heterocycles. The number of rotatable bonds is 5. The summed E-state index contributed by atoms with van der Waals surface area (Å²) in [6.07, 6.45) is 0. The molecule has 4 rings (SSSR count). The highest BCUT2D eigenvalue weighted by molar-refractivity contribution is 7.24. The van der Waals surface area contributed by atoms with Gasteiger partial charge in [0.1, 0.15) is 0 Å². The number of carbonyl (C=O) groups excluding carboxylic acids is 1. The van der Waals surface area contributed by atoms with Crippen molar-refractivity contribution >= 4 is 65.0 Å².